The summed E-state index contributed by atoms with van der Waals surface area (Å²) in [6, 6.07) is 20.5. The minimum atomic E-state index is -0.169. The minimum absolute atomic E-state index is 0.0286. The van der Waals surface area contributed by atoms with Crippen LogP contribution in [0.2, 0.25) is 0 Å². The topological polar surface area (TPSA) is 65.4 Å². The summed E-state index contributed by atoms with van der Waals surface area (Å²) in [7, 11) is 0. The molecule has 1 N–H and O–H groups in total. The van der Waals surface area contributed by atoms with Crippen LogP contribution < -0.4 is 14.8 Å². The first-order valence-electron chi connectivity index (χ1n) is 13.5. The lowest BCUT2D eigenvalue weighted by Crippen LogP contribution is -2.29. The molecule has 1 heterocycles. The van der Waals surface area contributed by atoms with Crippen LogP contribution in [0.5, 0.6) is 11.5 Å². The number of imidazole rings is 1. The standard InChI is InChI=1S/C32H39N3O3/c1-22(2)26-15-13-24(4)19-30(26)37-17-9-8-16-35-28-11-7-6-10-27(28)34-31(35)20-33-32(36)21-38-29-18-23(3)12-14-25(29)5/h6-7,10-15,18-19,22H,8-9,16-17,20-21H2,1-5H3,(H,33,36). The van der Waals surface area contributed by atoms with Crippen molar-refractivity contribution in [3.05, 3.63) is 88.7 Å². The molecule has 1 aromatic heterocycles. The van der Waals surface area contributed by atoms with Crippen molar-refractivity contribution in [1.82, 2.24) is 14.9 Å². The van der Waals surface area contributed by atoms with Crippen molar-refractivity contribution in [3.8, 4) is 11.5 Å². The molecule has 6 nitrogen and oxygen atoms in total. The van der Waals surface area contributed by atoms with Gasteiger partial charge in [-0.3, -0.25) is 4.79 Å². The molecule has 0 aliphatic heterocycles. The van der Waals surface area contributed by atoms with E-state index in [1.807, 2.05) is 50.2 Å². The highest BCUT2D eigenvalue weighted by Crippen LogP contribution is 2.28. The van der Waals surface area contributed by atoms with Gasteiger partial charge in [-0.1, -0.05) is 50.2 Å². The maximum Gasteiger partial charge on any atom is 0.258 e. The number of rotatable bonds is 12. The lowest BCUT2D eigenvalue weighted by atomic mass is 10.0. The van der Waals surface area contributed by atoms with Crippen molar-refractivity contribution in [3.63, 3.8) is 0 Å². The van der Waals surface area contributed by atoms with Gasteiger partial charge in [-0.25, -0.2) is 4.98 Å². The quantitative estimate of drug-likeness (QED) is 0.216. The van der Waals surface area contributed by atoms with Gasteiger partial charge in [0, 0.05) is 6.54 Å². The molecule has 0 saturated carbocycles. The summed E-state index contributed by atoms with van der Waals surface area (Å²) in [5, 5.41) is 2.98. The average Bonchev–Trinajstić information content (AvgIpc) is 3.25. The molecular weight excluding hydrogens is 474 g/mol. The molecule has 3 aromatic carbocycles. The second-order valence-electron chi connectivity index (χ2n) is 10.3. The normalized spacial score (nSPS) is 11.2. The van der Waals surface area contributed by atoms with Gasteiger partial charge in [0.15, 0.2) is 6.61 Å². The predicted octanol–water partition coefficient (Wildman–Crippen LogP) is 6.64. The molecule has 200 valence electrons. The first-order chi connectivity index (χ1) is 18.3. The van der Waals surface area contributed by atoms with Gasteiger partial charge in [0.05, 0.1) is 24.2 Å². The second kappa shape index (κ2) is 12.6. The van der Waals surface area contributed by atoms with E-state index < -0.39 is 0 Å². The molecule has 0 unspecified atom stereocenters. The number of aromatic nitrogens is 2. The maximum atomic E-state index is 12.6. The van der Waals surface area contributed by atoms with E-state index >= 15 is 0 Å². The van der Waals surface area contributed by atoms with E-state index in [0.717, 1.165) is 58.9 Å². The Morgan fingerprint density at radius 1 is 0.921 bits per heavy atom. The van der Waals surface area contributed by atoms with Crippen LogP contribution in [0.15, 0.2) is 60.7 Å². The average molecular weight is 514 g/mol. The van der Waals surface area contributed by atoms with Crippen LogP contribution in [0.25, 0.3) is 11.0 Å². The van der Waals surface area contributed by atoms with Crippen LogP contribution in [0.3, 0.4) is 0 Å². The molecule has 0 fully saturated rings. The third-order valence-corrected chi connectivity index (χ3v) is 6.70. The molecule has 0 aliphatic carbocycles. The van der Waals surface area contributed by atoms with Gasteiger partial charge in [0.25, 0.3) is 5.91 Å². The fourth-order valence-corrected chi connectivity index (χ4v) is 4.54. The highest BCUT2D eigenvalue weighted by atomic mass is 16.5. The van der Waals surface area contributed by atoms with Crippen molar-refractivity contribution in [2.75, 3.05) is 13.2 Å². The second-order valence-corrected chi connectivity index (χ2v) is 10.3. The Labute approximate surface area is 226 Å². The molecule has 4 rings (SSSR count). The molecule has 6 heteroatoms. The highest BCUT2D eigenvalue weighted by molar-refractivity contribution is 5.78. The summed E-state index contributed by atoms with van der Waals surface area (Å²) in [4.78, 5) is 17.3. The SMILES string of the molecule is Cc1ccc(C)c(OCC(=O)NCc2nc3ccccc3n2CCCCOc2cc(C)ccc2C(C)C)c1. The number of fused-ring (bicyclic) bond motifs is 1. The summed E-state index contributed by atoms with van der Waals surface area (Å²) in [5.74, 6) is 2.82. The Morgan fingerprint density at radius 2 is 1.66 bits per heavy atom. The van der Waals surface area contributed by atoms with Gasteiger partial charge >= 0.3 is 0 Å². The maximum absolute atomic E-state index is 12.6. The number of ether oxygens (including phenoxy) is 2. The number of para-hydroxylation sites is 2. The van der Waals surface area contributed by atoms with Crippen molar-refractivity contribution in [2.24, 2.45) is 0 Å². The number of hydrogen-bond acceptors (Lipinski definition) is 4. The molecule has 0 bridgehead atoms. The lowest BCUT2D eigenvalue weighted by Gasteiger charge is -2.15. The zero-order valence-corrected chi connectivity index (χ0v) is 23.2. The number of carbonyl (C=O) groups excluding carboxylic acids is 1. The number of nitrogens with one attached hydrogen (secondary N) is 1. The van der Waals surface area contributed by atoms with E-state index in [1.54, 1.807) is 0 Å². The number of hydrogen-bond donors (Lipinski definition) is 1. The Balaban J connectivity index is 1.33. The Kier molecular flexibility index (Phi) is 9.06. The van der Waals surface area contributed by atoms with Gasteiger partial charge in [0.2, 0.25) is 0 Å². The van der Waals surface area contributed by atoms with Crippen molar-refractivity contribution in [1.29, 1.82) is 0 Å². The van der Waals surface area contributed by atoms with E-state index in [2.05, 4.69) is 54.9 Å². The van der Waals surface area contributed by atoms with Crippen LogP contribution in [0.4, 0.5) is 0 Å². The first-order valence-corrected chi connectivity index (χ1v) is 13.5. The third kappa shape index (κ3) is 6.94. The van der Waals surface area contributed by atoms with Crippen LogP contribution in [0.1, 0.15) is 60.7 Å². The highest BCUT2D eigenvalue weighted by Gasteiger charge is 2.13. The molecule has 38 heavy (non-hydrogen) atoms. The molecular formula is C32H39N3O3. The van der Waals surface area contributed by atoms with Gasteiger partial charge in [-0.15, -0.1) is 0 Å². The summed E-state index contributed by atoms with van der Waals surface area (Å²) < 4.78 is 14.1. The molecule has 0 atom stereocenters. The van der Waals surface area contributed by atoms with E-state index in [0.29, 0.717) is 19.1 Å². The molecule has 0 radical (unpaired) electrons. The van der Waals surface area contributed by atoms with Gasteiger partial charge in [0.1, 0.15) is 17.3 Å². The van der Waals surface area contributed by atoms with Crippen molar-refractivity contribution >= 4 is 16.9 Å². The number of amides is 1. The molecule has 1 amide bonds. The number of carbonyl (C=O) groups is 1. The number of aryl methyl sites for hydroxylation is 4. The van der Waals surface area contributed by atoms with Crippen molar-refractivity contribution in [2.45, 2.75) is 66.5 Å². The molecule has 0 spiro atoms. The Hall–Kier alpha value is -3.80. The predicted molar refractivity (Wildman–Crippen MR) is 153 cm³/mol. The van der Waals surface area contributed by atoms with Gasteiger partial charge in [-0.05, 0) is 86.1 Å². The Bertz CT molecular complexity index is 1390. The number of nitrogens with zero attached hydrogens (tertiary/aromatic N) is 2. The van der Waals surface area contributed by atoms with Crippen molar-refractivity contribution < 1.29 is 14.3 Å². The van der Waals surface area contributed by atoms with Crippen LogP contribution >= 0.6 is 0 Å². The third-order valence-electron chi connectivity index (χ3n) is 6.70. The summed E-state index contributed by atoms with van der Waals surface area (Å²) >= 11 is 0. The fraction of sp³-hybridized carbons (Fsp3) is 0.375. The zero-order valence-electron chi connectivity index (χ0n) is 23.2. The smallest absolute Gasteiger partial charge is 0.258 e. The summed E-state index contributed by atoms with van der Waals surface area (Å²) in [5.41, 5.74) is 6.57. The van der Waals surface area contributed by atoms with Gasteiger partial charge < -0.3 is 19.4 Å². The molecule has 0 saturated heterocycles. The number of benzene rings is 3. The van der Waals surface area contributed by atoms with Gasteiger partial charge in [-0.2, -0.15) is 0 Å². The zero-order chi connectivity index (χ0) is 27.1. The lowest BCUT2D eigenvalue weighted by molar-refractivity contribution is -0.123. The Morgan fingerprint density at radius 3 is 2.45 bits per heavy atom. The largest absolute Gasteiger partial charge is 0.493 e. The van der Waals surface area contributed by atoms with Crippen LogP contribution in [-0.2, 0) is 17.9 Å². The van der Waals surface area contributed by atoms with E-state index in [-0.39, 0.29) is 12.5 Å². The van der Waals surface area contributed by atoms with E-state index in [4.69, 9.17) is 14.5 Å². The summed E-state index contributed by atoms with van der Waals surface area (Å²) in [6.07, 6.45) is 1.87. The number of unbranched alkanes of at least 4 members (excludes halogenated alkanes) is 1. The van der Waals surface area contributed by atoms with E-state index in [1.165, 1.54) is 11.1 Å². The summed E-state index contributed by atoms with van der Waals surface area (Å²) in [6.45, 7) is 12.3. The fourth-order valence-electron chi connectivity index (χ4n) is 4.54. The van der Waals surface area contributed by atoms with E-state index in [9.17, 15) is 4.79 Å². The first kappa shape index (κ1) is 27.2. The molecule has 0 aliphatic rings. The monoisotopic (exact) mass is 513 g/mol. The van der Waals surface area contributed by atoms with Crippen LogP contribution in [-0.4, -0.2) is 28.7 Å². The van der Waals surface area contributed by atoms with Crippen LogP contribution in [0, 0.1) is 20.8 Å². The molecule has 4 aromatic rings. The minimum Gasteiger partial charge on any atom is -0.493 e.